The molecule has 0 amide bonds. The molecule has 1 N–H and O–H groups in total. The molecule has 5 heteroatoms. The van der Waals surface area contributed by atoms with Crippen molar-refractivity contribution in [2.24, 2.45) is 0 Å². The summed E-state index contributed by atoms with van der Waals surface area (Å²) < 4.78 is 5.09. The average Bonchev–Trinajstić information content (AvgIpc) is 2.28. The Hall–Kier alpha value is -1.62. The summed E-state index contributed by atoms with van der Waals surface area (Å²) in [6.45, 7) is 4.42. The zero-order valence-electron chi connectivity index (χ0n) is 10.4. The molecule has 0 spiro atoms. The Labute approximate surface area is 101 Å². The van der Waals surface area contributed by atoms with Crippen LogP contribution in [0.5, 0.6) is 0 Å². The van der Waals surface area contributed by atoms with Crippen molar-refractivity contribution in [2.75, 3.05) is 19.0 Å². The molecule has 0 heterocycles. The largest absolute Gasteiger partial charge is 0.383 e. The van der Waals surface area contributed by atoms with Crippen molar-refractivity contribution in [2.45, 2.75) is 26.3 Å². The Morgan fingerprint density at radius 3 is 2.71 bits per heavy atom. The number of nitro groups is 1. The van der Waals surface area contributed by atoms with Crippen LogP contribution in [-0.2, 0) is 4.74 Å². The number of methoxy groups -OCH3 is 1. The maximum Gasteiger partial charge on any atom is 0.272 e. The predicted molar refractivity (Wildman–Crippen MR) is 67.4 cm³/mol. The quantitative estimate of drug-likeness (QED) is 0.611. The molecular weight excluding hydrogens is 220 g/mol. The Bertz CT molecular complexity index is 393. The summed E-state index contributed by atoms with van der Waals surface area (Å²) in [7, 11) is 1.66. The van der Waals surface area contributed by atoms with Crippen LogP contribution in [0, 0.1) is 17.0 Å². The number of benzene rings is 1. The van der Waals surface area contributed by atoms with Crippen LogP contribution >= 0.6 is 0 Å². The first kappa shape index (κ1) is 13.4. The van der Waals surface area contributed by atoms with E-state index in [0.29, 0.717) is 12.2 Å². The second-order valence-corrected chi connectivity index (χ2v) is 3.96. The number of nitro benzene ring substituents is 1. The van der Waals surface area contributed by atoms with Gasteiger partial charge < -0.3 is 10.1 Å². The lowest BCUT2D eigenvalue weighted by Gasteiger charge is -2.17. The van der Waals surface area contributed by atoms with Crippen molar-refractivity contribution in [1.29, 1.82) is 0 Å². The van der Waals surface area contributed by atoms with Gasteiger partial charge >= 0.3 is 0 Å². The zero-order valence-corrected chi connectivity index (χ0v) is 10.4. The van der Waals surface area contributed by atoms with Gasteiger partial charge in [-0.3, -0.25) is 10.1 Å². The van der Waals surface area contributed by atoms with Crippen molar-refractivity contribution >= 4 is 11.4 Å². The molecule has 17 heavy (non-hydrogen) atoms. The summed E-state index contributed by atoms with van der Waals surface area (Å²) in [5, 5.41) is 14.0. The molecule has 0 saturated heterocycles. The first-order chi connectivity index (χ1) is 8.08. The monoisotopic (exact) mass is 238 g/mol. The van der Waals surface area contributed by atoms with E-state index in [1.165, 1.54) is 6.07 Å². The molecule has 94 valence electrons. The number of aryl methyl sites for hydroxylation is 1. The fourth-order valence-electron chi connectivity index (χ4n) is 1.65. The molecular formula is C12H18N2O3. The van der Waals surface area contributed by atoms with Gasteiger partial charge in [-0.25, -0.2) is 0 Å². The van der Waals surface area contributed by atoms with Gasteiger partial charge in [-0.2, -0.15) is 0 Å². The van der Waals surface area contributed by atoms with E-state index in [1.807, 2.05) is 0 Å². The van der Waals surface area contributed by atoms with Gasteiger partial charge in [0.1, 0.15) is 0 Å². The van der Waals surface area contributed by atoms with Crippen LogP contribution in [-0.4, -0.2) is 24.7 Å². The van der Waals surface area contributed by atoms with E-state index in [1.54, 1.807) is 26.2 Å². The highest BCUT2D eigenvalue weighted by molar-refractivity contribution is 5.54. The molecule has 1 aromatic rings. The second-order valence-electron chi connectivity index (χ2n) is 3.96. The number of nitrogens with zero attached hydrogens (tertiary/aromatic N) is 1. The Kier molecular flexibility index (Phi) is 4.90. The smallest absolute Gasteiger partial charge is 0.272 e. The molecule has 0 fully saturated rings. The topological polar surface area (TPSA) is 64.4 Å². The third-order valence-electron chi connectivity index (χ3n) is 2.62. The van der Waals surface area contributed by atoms with Gasteiger partial charge in [-0.05, 0) is 25.5 Å². The first-order valence-corrected chi connectivity index (χ1v) is 5.59. The molecule has 1 aromatic carbocycles. The van der Waals surface area contributed by atoms with E-state index >= 15 is 0 Å². The van der Waals surface area contributed by atoms with Gasteiger partial charge in [0.05, 0.1) is 11.5 Å². The predicted octanol–water partition coefficient (Wildman–Crippen LogP) is 2.74. The third-order valence-corrected chi connectivity index (χ3v) is 2.62. The Morgan fingerprint density at radius 1 is 1.53 bits per heavy atom. The number of hydrogen-bond acceptors (Lipinski definition) is 4. The van der Waals surface area contributed by atoms with Crippen LogP contribution in [0.3, 0.4) is 0 Å². The van der Waals surface area contributed by atoms with Crippen molar-refractivity contribution in [3.8, 4) is 0 Å². The number of ether oxygens (including phenoxy) is 1. The molecule has 1 rings (SSSR count). The normalized spacial score (nSPS) is 12.2. The van der Waals surface area contributed by atoms with E-state index in [-0.39, 0.29) is 16.7 Å². The molecule has 5 nitrogen and oxygen atoms in total. The molecule has 0 aliphatic heterocycles. The van der Waals surface area contributed by atoms with E-state index in [9.17, 15) is 10.1 Å². The second kappa shape index (κ2) is 6.20. The molecule has 0 saturated carbocycles. The lowest BCUT2D eigenvalue weighted by Crippen LogP contribution is -2.23. The van der Waals surface area contributed by atoms with Crippen LogP contribution in [0.1, 0.15) is 18.9 Å². The van der Waals surface area contributed by atoms with Crippen LogP contribution < -0.4 is 5.32 Å². The van der Waals surface area contributed by atoms with E-state index in [2.05, 4.69) is 12.2 Å². The maximum absolute atomic E-state index is 10.7. The zero-order chi connectivity index (χ0) is 12.8. The van der Waals surface area contributed by atoms with Gasteiger partial charge in [0.2, 0.25) is 0 Å². The lowest BCUT2D eigenvalue weighted by molar-refractivity contribution is -0.385. The summed E-state index contributed by atoms with van der Waals surface area (Å²) in [5.74, 6) is 0. The SMILES string of the molecule is CCC(COC)Nc1ccc([N+](=O)[O-])c(C)c1. The standard InChI is InChI=1S/C12H18N2O3/c1-4-10(8-17-3)13-11-5-6-12(14(15)16)9(2)7-11/h5-7,10,13H,4,8H2,1-3H3. The number of nitrogens with one attached hydrogen (secondary N) is 1. The van der Waals surface area contributed by atoms with Crippen LogP contribution in [0.4, 0.5) is 11.4 Å². The highest BCUT2D eigenvalue weighted by atomic mass is 16.6. The van der Waals surface area contributed by atoms with Crippen molar-refractivity contribution in [3.63, 3.8) is 0 Å². The highest BCUT2D eigenvalue weighted by Gasteiger charge is 2.11. The van der Waals surface area contributed by atoms with Crippen LogP contribution in [0.2, 0.25) is 0 Å². The highest BCUT2D eigenvalue weighted by Crippen LogP contribution is 2.22. The minimum atomic E-state index is -0.369. The molecule has 0 aromatic heterocycles. The number of hydrogen-bond donors (Lipinski definition) is 1. The Balaban J connectivity index is 2.79. The Morgan fingerprint density at radius 2 is 2.24 bits per heavy atom. The lowest BCUT2D eigenvalue weighted by atomic mass is 10.1. The van der Waals surface area contributed by atoms with E-state index < -0.39 is 0 Å². The molecule has 0 aliphatic carbocycles. The molecule has 0 radical (unpaired) electrons. The van der Waals surface area contributed by atoms with Crippen molar-refractivity contribution in [1.82, 2.24) is 0 Å². The summed E-state index contributed by atoms with van der Waals surface area (Å²) in [5.41, 5.74) is 1.69. The summed E-state index contributed by atoms with van der Waals surface area (Å²) >= 11 is 0. The summed E-state index contributed by atoms with van der Waals surface area (Å²) in [6, 6.07) is 5.26. The van der Waals surface area contributed by atoms with E-state index in [0.717, 1.165) is 12.1 Å². The molecule has 1 unspecified atom stereocenters. The minimum absolute atomic E-state index is 0.148. The van der Waals surface area contributed by atoms with Gasteiger partial charge in [-0.1, -0.05) is 6.92 Å². The summed E-state index contributed by atoms with van der Waals surface area (Å²) in [6.07, 6.45) is 0.934. The molecule has 1 atom stereocenters. The average molecular weight is 238 g/mol. The fraction of sp³-hybridized carbons (Fsp3) is 0.500. The van der Waals surface area contributed by atoms with Crippen LogP contribution in [0.25, 0.3) is 0 Å². The van der Waals surface area contributed by atoms with Gasteiger partial charge in [0, 0.05) is 30.5 Å². The van der Waals surface area contributed by atoms with Crippen molar-refractivity contribution < 1.29 is 9.66 Å². The van der Waals surface area contributed by atoms with Crippen molar-refractivity contribution in [3.05, 3.63) is 33.9 Å². The third kappa shape index (κ3) is 3.71. The van der Waals surface area contributed by atoms with Gasteiger partial charge in [0.25, 0.3) is 5.69 Å². The number of rotatable bonds is 6. The molecule has 0 aliphatic rings. The van der Waals surface area contributed by atoms with Crippen LogP contribution in [0.15, 0.2) is 18.2 Å². The maximum atomic E-state index is 10.7. The van der Waals surface area contributed by atoms with E-state index in [4.69, 9.17) is 4.74 Å². The fourth-order valence-corrected chi connectivity index (χ4v) is 1.65. The minimum Gasteiger partial charge on any atom is -0.383 e. The number of anilines is 1. The molecule has 0 bridgehead atoms. The first-order valence-electron chi connectivity index (χ1n) is 5.59. The van der Waals surface area contributed by atoms with Gasteiger partial charge in [-0.15, -0.1) is 0 Å². The summed E-state index contributed by atoms with van der Waals surface area (Å²) in [4.78, 5) is 10.3. The van der Waals surface area contributed by atoms with Gasteiger partial charge in [0.15, 0.2) is 0 Å².